The van der Waals surface area contributed by atoms with E-state index >= 15 is 0 Å². The van der Waals surface area contributed by atoms with Crippen molar-refractivity contribution in [3.63, 3.8) is 0 Å². The minimum Gasteiger partial charge on any atom is -0.368 e. The number of hydrogen-bond acceptors (Lipinski definition) is 3. The van der Waals surface area contributed by atoms with Crippen molar-refractivity contribution in [2.45, 2.75) is 49.6 Å². The summed E-state index contributed by atoms with van der Waals surface area (Å²) in [6.45, 7) is 2.84. The molecule has 4 fully saturated rings. The number of halogens is 3. The Balaban J connectivity index is 1.54. The molecule has 1 saturated carbocycles. The van der Waals surface area contributed by atoms with Crippen LogP contribution in [0.25, 0.3) is 0 Å². The Morgan fingerprint density at radius 2 is 1.68 bits per heavy atom. The molecule has 3 aliphatic heterocycles. The van der Waals surface area contributed by atoms with Crippen LogP contribution in [-0.4, -0.2) is 53.3 Å². The molecule has 2 aromatic rings. The standard InChI is InChI=1S/C26H28Cl3N3O2/c27-18-3-1-16(2-4-18)13-22(24(30)33)32(23-15-31-11-7-17(23)8-12-31)25(34)26(9-10-26)20-6-5-19(28)14-21(20)29/h1-6,14,17,22-23H,7-13,15H2,(H2,30,33)/t22-,23+/m0/s1. The van der Waals surface area contributed by atoms with Crippen LogP contribution in [0.5, 0.6) is 0 Å². The first-order valence-corrected chi connectivity index (χ1v) is 13.0. The van der Waals surface area contributed by atoms with Crippen molar-refractivity contribution in [2.75, 3.05) is 19.6 Å². The predicted octanol–water partition coefficient (Wildman–Crippen LogP) is 4.70. The summed E-state index contributed by atoms with van der Waals surface area (Å²) in [6, 6.07) is 11.9. The summed E-state index contributed by atoms with van der Waals surface area (Å²) in [5.41, 5.74) is 6.96. The van der Waals surface area contributed by atoms with Crippen LogP contribution < -0.4 is 5.73 Å². The van der Waals surface area contributed by atoms with Gasteiger partial charge in [0.25, 0.3) is 0 Å². The monoisotopic (exact) mass is 519 g/mol. The van der Waals surface area contributed by atoms with Gasteiger partial charge < -0.3 is 15.5 Å². The molecule has 0 aromatic heterocycles. The Kier molecular flexibility index (Phi) is 6.58. The van der Waals surface area contributed by atoms with Crippen molar-refractivity contribution in [3.8, 4) is 0 Å². The third-order valence-electron chi connectivity index (χ3n) is 7.83. The fraction of sp³-hybridized carbons (Fsp3) is 0.462. The van der Waals surface area contributed by atoms with Crippen LogP contribution in [0.3, 0.4) is 0 Å². The summed E-state index contributed by atoms with van der Waals surface area (Å²) >= 11 is 18.8. The predicted molar refractivity (Wildman–Crippen MR) is 135 cm³/mol. The second-order valence-electron chi connectivity index (χ2n) is 9.87. The van der Waals surface area contributed by atoms with Gasteiger partial charge >= 0.3 is 0 Å². The molecule has 180 valence electrons. The Hall–Kier alpha value is -1.79. The number of rotatable bonds is 7. The largest absolute Gasteiger partial charge is 0.368 e. The Morgan fingerprint density at radius 3 is 2.21 bits per heavy atom. The van der Waals surface area contributed by atoms with Gasteiger partial charge in [-0.05, 0) is 80.1 Å². The number of piperidine rings is 3. The summed E-state index contributed by atoms with van der Waals surface area (Å²) in [6.07, 6.45) is 3.78. The summed E-state index contributed by atoms with van der Waals surface area (Å²) in [5, 5.41) is 1.64. The summed E-state index contributed by atoms with van der Waals surface area (Å²) in [4.78, 5) is 31.6. The number of benzene rings is 2. The second kappa shape index (κ2) is 9.34. The molecule has 0 radical (unpaired) electrons. The number of primary amides is 1. The SMILES string of the molecule is NC(=O)[C@H](Cc1ccc(Cl)cc1)N(C(=O)C1(c2ccc(Cl)cc2Cl)CC1)[C@@H]1CN2CCC1CC2. The van der Waals surface area contributed by atoms with E-state index in [9.17, 15) is 9.59 Å². The van der Waals surface area contributed by atoms with Gasteiger partial charge in [-0.25, -0.2) is 0 Å². The van der Waals surface area contributed by atoms with Gasteiger partial charge in [0.15, 0.2) is 0 Å². The molecule has 6 rings (SSSR count). The molecule has 1 aliphatic carbocycles. The fourth-order valence-corrected chi connectivity index (χ4v) is 6.52. The zero-order chi connectivity index (χ0) is 24.0. The third-order valence-corrected chi connectivity index (χ3v) is 8.63. The number of hydrogen-bond donors (Lipinski definition) is 1. The van der Waals surface area contributed by atoms with E-state index in [-0.39, 0.29) is 11.9 Å². The zero-order valence-corrected chi connectivity index (χ0v) is 21.1. The first-order chi connectivity index (χ1) is 16.3. The number of carbonyl (C=O) groups excluding carboxylic acids is 2. The smallest absolute Gasteiger partial charge is 0.240 e. The van der Waals surface area contributed by atoms with E-state index in [1.165, 1.54) is 0 Å². The van der Waals surface area contributed by atoms with Crippen molar-refractivity contribution in [2.24, 2.45) is 11.7 Å². The van der Waals surface area contributed by atoms with E-state index in [0.29, 0.717) is 40.2 Å². The van der Waals surface area contributed by atoms with Crippen LogP contribution in [0.2, 0.25) is 15.1 Å². The summed E-state index contributed by atoms with van der Waals surface area (Å²) in [5.74, 6) is -0.177. The molecule has 2 bridgehead atoms. The molecule has 2 N–H and O–H groups in total. The third kappa shape index (κ3) is 4.44. The topological polar surface area (TPSA) is 66.6 Å². The van der Waals surface area contributed by atoms with Gasteiger partial charge in [0, 0.05) is 34.1 Å². The number of nitrogens with zero attached hydrogens (tertiary/aromatic N) is 2. The molecule has 3 saturated heterocycles. The van der Waals surface area contributed by atoms with E-state index in [1.54, 1.807) is 24.3 Å². The lowest BCUT2D eigenvalue weighted by Gasteiger charge is -2.51. The van der Waals surface area contributed by atoms with Gasteiger partial charge in [0.2, 0.25) is 11.8 Å². The van der Waals surface area contributed by atoms with E-state index in [4.69, 9.17) is 40.5 Å². The molecule has 5 nitrogen and oxygen atoms in total. The highest BCUT2D eigenvalue weighted by Crippen LogP contribution is 2.53. The second-order valence-corrected chi connectivity index (χ2v) is 11.2. The Labute approximate surface area is 215 Å². The zero-order valence-electron chi connectivity index (χ0n) is 18.9. The number of nitrogens with two attached hydrogens (primary N) is 1. The first kappa shape index (κ1) is 23.9. The van der Waals surface area contributed by atoms with Gasteiger partial charge in [-0.15, -0.1) is 0 Å². The molecule has 0 unspecified atom stereocenters. The van der Waals surface area contributed by atoms with E-state index in [2.05, 4.69) is 4.90 Å². The maximum atomic E-state index is 14.4. The number of carbonyl (C=O) groups is 2. The molecule has 0 spiro atoms. The first-order valence-electron chi connectivity index (χ1n) is 11.8. The molecule has 8 heteroatoms. The van der Waals surface area contributed by atoms with Crippen molar-refractivity contribution >= 4 is 46.6 Å². The average molecular weight is 521 g/mol. The lowest BCUT2D eigenvalue weighted by molar-refractivity contribution is -0.149. The van der Waals surface area contributed by atoms with Gasteiger partial charge in [0.1, 0.15) is 6.04 Å². The Bertz CT molecular complexity index is 1090. The number of amides is 2. The minimum absolute atomic E-state index is 0.0479. The highest BCUT2D eigenvalue weighted by molar-refractivity contribution is 6.35. The van der Waals surface area contributed by atoms with Crippen LogP contribution in [0.15, 0.2) is 42.5 Å². The lowest BCUT2D eigenvalue weighted by Crippen LogP contribution is -2.65. The van der Waals surface area contributed by atoms with Gasteiger partial charge in [0.05, 0.1) is 5.41 Å². The highest BCUT2D eigenvalue weighted by atomic mass is 35.5. The molecular formula is C26H28Cl3N3O2. The van der Waals surface area contributed by atoms with Crippen molar-refractivity contribution in [1.82, 2.24) is 9.80 Å². The van der Waals surface area contributed by atoms with Crippen molar-refractivity contribution < 1.29 is 9.59 Å². The van der Waals surface area contributed by atoms with E-state index < -0.39 is 17.4 Å². The quantitative estimate of drug-likeness (QED) is 0.576. The average Bonchev–Trinajstić information content (AvgIpc) is 3.62. The van der Waals surface area contributed by atoms with E-state index in [1.807, 2.05) is 23.1 Å². The molecule has 3 heterocycles. The maximum absolute atomic E-state index is 14.4. The lowest BCUT2D eigenvalue weighted by atomic mass is 9.80. The normalized spacial score (nSPS) is 25.6. The molecule has 2 atom stereocenters. The highest BCUT2D eigenvalue weighted by Gasteiger charge is 2.57. The molecule has 2 amide bonds. The molecule has 4 aliphatic rings. The van der Waals surface area contributed by atoms with Crippen molar-refractivity contribution in [1.29, 1.82) is 0 Å². The number of fused-ring (bicyclic) bond motifs is 3. The molecular weight excluding hydrogens is 493 g/mol. The van der Waals surface area contributed by atoms with Crippen LogP contribution in [0, 0.1) is 5.92 Å². The summed E-state index contributed by atoms with van der Waals surface area (Å²) in [7, 11) is 0. The van der Waals surface area contributed by atoms with Gasteiger partial charge in [-0.3, -0.25) is 9.59 Å². The van der Waals surface area contributed by atoms with Crippen LogP contribution in [-0.2, 0) is 21.4 Å². The minimum atomic E-state index is -0.747. The fourth-order valence-electron chi connectivity index (χ4n) is 5.80. The van der Waals surface area contributed by atoms with Crippen LogP contribution >= 0.6 is 34.8 Å². The molecule has 2 aromatic carbocycles. The van der Waals surface area contributed by atoms with Crippen LogP contribution in [0.1, 0.15) is 36.8 Å². The summed E-state index contributed by atoms with van der Waals surface area (Å²) < 4.78 is 0. The van der Waals surface area contributed by atoms with Gasteiger partial charge in [-0.1, -0.05) is 53.0 Å². The van der Waals surface area contributed by atoms with Crippen LogP contribution in [0.4, 0.5) is 0 Å². The molecule has 34 heavy (non-hydrogen) atoms. The van der Waals surface area contributed by atoms with E-state index in [0.717, 1.165) is 43.6 Å². The van der Waals surface area contributed by atoms with Crippen molar-refractivity contribution in [3.05, 3.63) is 68.7 Å². The van der Waals surface area contributed by atoms with Gasteiger partial charge in [-0.2, -0.15) is 0 Å². The Morgan fingerprint density at radius 1 is 1.03 bits per heavy atom. The maximum Gasteiger partial charge on any atom is 0.240 e.